The lowest BCUT2D eigenvalue weighted by atomic mass is 10.1. The van der Waals surface area contributed by atoms with Gasteiger partial charge >= 0.3 is 0 Å². The standard InChI is InChI=1S/C31H52N4O8/c1-20(2)15-32-17-24(36)25(18-40-30(5,6)7)42-34-27(37)22-12-11-13-23(14-22)28(38)35-43-26(19-41-31(8,9)10)29(39)33-16-21(3)4/h11-14,20-21,25-26,32H,15-19H2,1-10H3,(H,33,39)(H,34,37)(H,35,38)/t25-,26-/m1/s1. The van der Waals surface area contributed by atoms with Crippen LogP contribution in [-0.4, -0.2) is 79.8 Å². The van der Waals surface area contributed by atoms with E-state index in [9.17, 15) is 19.2 Å². The largest absolute Gasteiger partial charge is 0.373 e. The number of ketones is 1. The molecule has 2 atom stereocenters. The Hall–Kier alpha value is -2.90. The van der Waals surface area contributed by atoms with Crippen LogP contribution in [0.2, 0.25) is 0 Å². The SMILES string of the molecule is CC(C)CNCC(=O)[C@@H](COC(C)(C)C)ONC(=O)c1cccc(C(=O)NO[C@H](COC(C)(C)C)C(=O)NCC(C)C)c1. The van der Waals surface area contributed by atoms with Crippen LogP contribution in [0.5, 0.6) is 0 Å². The van der Waals surface area contributed by atoms with Crippen molar-refractivity contribution in [2.75, 3.05) is 32.8 Å². The molecular weight excluding hydrogens is 556 g/mol. The van der Waals surface area contributed by atoms with Gasteiger partial charge in [0.05, 0.1) is 31.0 Å². The fraction of sp³-hybridized carbons (Fsp3) is 0.677. The smallest absolute Gasteiger partial charge is 0.274 e. The minimum atomic E-state index is -1.10. The second-order valence-electron chi connectivity index (χ2n) is 13.1. The van der Waals surface area contributed by atoms with Gasteiger partial charge in [0, 0.05) is 17.7 Å². The van der Waals surface area contributed by atoms with Gasteiger partial charge < -0.3 is 20.1 Å². The van der Waals surface area contributed by atoms with Crippen molar-refractivity contribution in [3.05, 3.63) is 35.4 Å². The first-order valence-electron chi connectivity index (χ1n) is 14.7. The van der Waals surface area contributed by atoms with Gasteiger partial charge in [-0.05, 0) is 78.1 Å². The van der Waals surface area contributed by atoms with Crippen LogP contribution in [0.25, 0.3) is 0 Å². The average Bonchev–Trinajstić information content (AvgIpc) is 2.90. The highest BCUT2D eigenvalue weighted by molar-refractivity contribution is 5.99. The lowest BCUT2D eigenvalue weighted by molar-refractivity contribution is -0.147. The average molecular weight is 609 g/mol. The van der Waals surface area contributed by atoms with Crippen LogP contribution in [0, 0.1) is 11.8 Å². The van der Waals surface area contributed by atoms with Gasteiger partial charge in [-0.15, -0.1) is 0 Å². The van der Waals surface area contributed by atoms with Crippen molar-refractivity contribution < 1.29 is 38.3 Å². The summed E-state index contributed by atoms with van der Waals surface area (Å²) in [6, 6.07) is 5.83. The van der Waals surface area contributed by atoms with Crippen LogP contribution in [-0.2, 0) is 28.7 Å². The van der Waals surface area contributed by atoms with Crippen LogP contribution in [0.4, 0.5) is 0 Å². The number of hydrogen-bond acceptors (Lipinski definition) is 9. The van der Waals surface area contributed by atoms with E-state index >= 15 is 0 Å². The summed E-state index contributed by atoms with van der Waals surface area (Å²) in [5.41, 5.74) is 3.75. The molecule has 0 fully saturated rings. The Morgan fingerprint density at radius 1 is 0.721 bits per heavy atom. The highest BCUT2D eigenvalue weighted by atomic mass is 16.7. The molecule has 0 radical (unpaired) electrons. The van der Waals surface area contributed by atoms with E-state index in [0.717, 1.165) is 0 Å². The zero-order valence-electron chi connectivity index (χ0n) is 27.4. The van der Waals surface area contributed by atoms with Crippen molar-refractivity contribution in [3.63, 3.8) is 0 Å². The second kappa shape index (κ2) is 18.0. The van der Waals surface area contributed by atoms with E-state index in [2.05, 4.69) is 21.6 Å². The molecule has 0 saturated heterocycles. The van der Waals surface area contributed by atoms with Crippen molar-refractivity contribution in [1.82, 2.24) is 21.6 Å². The lowest BCUT2D eigenvalue weighted by Crippen LogP contribution is -2.45. The Kier molecular flexibility index (Phi) is 16.0. The number of amides is 3. The second-order valence-corrected chi connectivity index (χ2v) is 13.1. The number of hydrogen-bond donors (Lipinski definition) is 4. The number of carbonyl (C=O) groups is 4. The summed E-state index contributed by atoms with van der Waals surface area (Å²) in [6.07, 6.45) is -2.14. The molecule has 0 aliphatic rings. The molecule has 0 unspecified atom stereocenters. The monoisotopic (exact) mass is 608 g/mol. The normalized spacial score (nSPS) is 13.5. The zero-order chi connectivity index (χ0) is 32.8. The van der Waals surface area contributed by atoms with Gasteiger partial charge in [-0.3, -0.25) is 28.9 Å². The third-order valence-corrected chi connectivity index (χ3v) is 5.50. The molecule has 0 spiro atoms. The first-order chi connectivity index (χ1) is 19.9. The number of rotatable bonds is 18. The van der Waals surface area contributed by atoms with Gasteiger partial charge in [0.15, 0.2) is 18.0 Å². The molecule has 0 bridgehead atoms. The Morgan fingerprint density at radius 3 is 1.65 bits per heavy atom. The van der Waals surface area contributed by atoms with Gasteiger partial charge in [-0.1, -0.05) is 33.8 Å². The quantitative estimate of drug-likeness (QED) is 0.184. The first-order valence-corrected chi connectivity index (χ1v) is 14.7. The number of benzene rings is 1. The highest BCUT2D eigenvalue weighted by Gasteiger charge is 2.26. The molecule has 4 N–H and O–H groups in total. The Balaban J connectivity index is 2.87. The number of carbonyl (C=O) groups excluding carboxylic acids is 4. The molecule has 1 aromatic rings. The molecule has 0 aliphatic carbocycles. The van der Waals surface area contributed by atoms with Crippen molar-refractivity contribution in [2.45, 2.75) is 92.6 Å². The fourth-order valence-electron chi connectivity index (χ4n) is 3.19. The molecule has 3 amide bonds. The summed E-state index contributed by atoms with van der Waals surface area (Å²) < 4.78 is 11.4. The minimum Gasteiger partial charge on any atom is -0.373 e. The Morgan fingerprint density at radius 2 is 1.19 bits per heavy atom. The topological polar surface area (TPSA) is 153 Å². The summed E-state index contributed by atoms with van der Waals surface area (Å²) in [7, 11) is 0. The first kappa shape index (κ1) is 38.1. The van der Waals surface area contributed by atoms with Gasteiger partial charge in [0.2, 0.25) is 0 Å². The van der Waals surface area contributed by atoms with E-state index in [1.807, 2.05) is 69.2 Å². The molecule has 0 aromatic heterocycles. The van der Waals surface area contributed by atoms with E-state index in [4.69, 9.17) is 19.1 Å². The molecule has 12 heteroatoms. The zero-order valence-corrected chi connectivity index (χ0v) is 27.4. The molecule has 43 heavy (non-hydrogen) atoms. The van der Waals surface area contributed by atoms with Gasteiger partial charge in [-0.25, -0.2) is 11.0 Å². The van der Waals surface area contributed by atoms with Crippen LogP contribution in [0.15, 0.2) is 24.3 Å². The molecule has 1 rings (SSSR count). The minimum absolute atomic E-state index is 0.0547. The summed E-state index contributed by atoms with van der Waals surface area (Å²) in [6.45, 7) is 20.0. The van der Waals surface area contributed by atoms with Gasteiger partial charge in [0.1, 0.15) is 0 Å². The van der Waals surface area contributed by atoms with Crippen molar-refractivity contribution >= 4 is 23.5 Å². The summed E-state index contributed by atoms with van der Waals surface area (Å²) in [5.74, 6) is -1.46. The number of hydroxylamine groups is 2. The number of ether oxygens (including phenoxy) is 2. The summed E-state index contributed by atoms with van der Waals surface area (Å²) in [4.78, 5) is 62.1. The molecule has 0 aliphatic heterocycles. The van der Waals surface area contributed by atoms with Crippen LogP contribution in [0.1, 0.15) is 90.0 Å². The maximum absolute atomic E-state index is 12.9. The molecular formula is C31H52N4O8. The van der Waals surface area contributed by atoms with E-state index in [1.54, 1.807) is 0 Å². The Labute approximate surface area is 256 Å². The van der Waals surface area contributed by atoms with Crippen LogP contribution >= 0.6 is 0 Å². The fourth-order valence-corrected chi connectivity index (χ4v) is 3.19. The third-order valence-electron chi connectivity index (χ3n) is 5.50. The maximum Gasteiger partial charge on any atom is 0.274 e. The van der Waals surface area contributed by atoms with E-state index < -0.39 is 41.1 Å². The molecule has 244 valence electrons. The van der Waals surface area contributed by atoms with Crippen molar-refractivity contribution in [3.8, 4) is 0 Å². The third kappa shape index (κ3) is 17.1. The molecule has 0 heterocycles. The van der Waals surface area contributed by atoms with E-state index in [1.165, 1.54) is 24.3 Å². The number of Topliss-reactive ketones (excluding diaryl/α,β-unsaturated/α-hetero) is 1. The Bertz CT molecular complexity index is 1050. The molecule has 0 saturated carbocycles. The lowest BCUT2D eigenvalue weighted by Gasteiger charge is -2.24. The highest BCUT2D eigenvalue weighted by Crippen LogP contribution is 2.11. The summed E-state index contributed by atoms with van der Waals surface area (Å²) in [5, 5.41) is 5.84. The van der Waals surface area contributed by atoms with Crippen molar-refractivity contribution in [2.24, 2.45) is 11.8 Å². The predicted octanol–water partition coefficient (Wildman–Crippen LogP) is 2.96. The van der Waals surface area contributed by atoms with Crippen LogP contribution < -0.4 is 21.6 Å². The maximum atomic E-state index is 12.9. The van der Waals surface area contributed by atoms with E-state index in [-0.39, 0.29) is 42.6 Å². The van der Waals surface area contributed by atoms with Gasteiger partial charge in [-0.2, -0.15) is 0 Å². The molecule has 1 aromatic carbocycles. The van der Waals surface area contributed by atoms with Gasteiger partial charge in [0.25, 0.3) is 17.7 Å². The molecule has 12 nitrogen and oxygen atoms in total. The van der Waals surface area contributed by atoms with Crippen LogP contribution in [0.3, 0.4) is 0 Å². The van der Waals surface area contributed by atoms with E-state index in [0.29, 0.717) is 19.0 Å². The predicted molar refractivity (Wildman–Crippen MR) is 163 cm³/mol. The number of nitrogens with one attached hydrogen (secondary N) is 4. The van der Waals surface area contributed by atoms with Crippen molar-refractivity contribution in [1.29, 1.82) is 0 Å². The summed E-state index contributed by atoms with van der Waals surface area (Å²) >= 11 is 0.